The molecular formula is C18H28N2O2. The van der Waals surface area contributed by atoms with Crippen LogP contribution in [0.3, 0.4) is 0 Å². The molecule has 0 bridgehead atoms. The molecule has 4 heteroatoms. The number of carbonyl (C=O) groups is 1. The molecule has 1 fully saturated rings. The van der Waals surface area contributed by atoms with E-state index in [4.69, 9.17) is 4.74 Å². The highest BCUT2D eigenvalue weighted by molar-refractivity contribution is 5.76. The normalized spacial score (nSPS) is 16.0. The van der Waals surface area contributed by atoms with E-state index in [0.29, 0.717) is 12.5 Å². The summed E-state index contributed by atoms with van der Waals surface area (Å²) >= 11 is 0. The van der Waals surface area contributed by atoms with E-state index in [0.717, 1.165) is 45.6 Å². The molecule has 0 unspecified atom stereocenters. The highest BCUT2D eigenvalue weighted by Crippen LogP contribution is 2.16. The molecule has 1 heterocycles. The van der Waals surface area contributed by atoms with Crippen LogP contribution in [0.5, 0.6) is 0 Å². The number of nitrogens with zero attached hydrogens (tertiary/aromatic N) is 2. The van der Waals surface area contributed by atoms with E-state index in [1.165, 1.54) is 5.56 Å². The minimum atomic E-state index is 0.276. The lowest BCUT2D eigenvalue weighted by atomic mass is 10.0. The van der Waals surface area contributed by atoms with E-state index in [1.54, 1.807) is 0 Å². The van der Waals surface area contributed by atoms with Gasteiger partial charge in [0, 0.05) is 38.8 Å². The van der Waals surface area contributed by atoms with Crippen LogP contribution < -0.4 is 0 Å². The molecule has 0 atom stereocenters. The smallest absolute Gasteiger partial charge is 0.223 e. The Bertz CT molecular complexity index is 442. The van der Waals surface area contributed by atoms with E-state index >= 15 is 0 Å². The van der Waals surface area contributed by atoms with E-state index in [1.807, 2.05) is 18.2 Å². The van der Waals surface area contributed by atoms with E-state index < -0.39 is 0 Å². The quantitative estimate of drug-likeness (QED) is 0.774. The van der Waals surface area contributed by atoms with Gasteiger partial charge in [-0.15, -0.1) is 0 Å². The number of aryl methyl sites for hydroxylation is 1. The fourth-order valence-electron chi connectivity index (χ4n) is 2.86. The van der Waals surface area contributed by atoms with Gasteiger partial charge in [-0.25, -0.2) is 0 Å². The van der Waals surface area contributed by atoms with Crippen molar-refractivity contribution in [3.8, 4) is 0 Å². The first-order valence-electron chi connectivity index (χ1n) is 8.22. The van der Waals surface area contributed by atoms with Crippen molar-refractivity contribution in [2.24, 2.45) is 0 Å². The van der Waals surface area contributed by atoms with Gasteiger partial charge < -0.3 is 14.5 Å². The zero-order chi connectivity index (χ0) is 15.8. The SMILES string of the molecule is CN(C)CCN(C(=O)CCc1ccccc1)C1CCOCC1. The molecule has 1 saturated heterocycles. The van der Waals surface area contributed by atoms with E-state index in [-0.39, 0.29) is 5.91 Å². The predicted octanol–water partition coefficient (Wildman–Crippen LogP) is 2.19. The maximum atomic E-state index is 12.7. The second-order valence-electron chi connectivity index (χ2n) is 6.22. The molecular weight excluding hydrogens is 276 g/mol. The molecule has 0 N–H and O–H groups in total. The van der Waals surface area contributed by atoms with Crippen molar-refractivity contribution in [1.29, 1.82) is 0 Å². The second kappa shape index (κ2) is 8.91. The first kappa shape index (κ1) is 17.0. The van der Waals surface area contributed by atoms with Gasteiger partial charge in [0.15, 0.2) is 0 Å². The molecule has 22 heavy (non-hydrogen) atoms. The number of benzene rings is 1. The fourth-order valence-corrected chi connectivity index (χ4v) is 2.86. The van der Waals surface area contributed by atoms with Crippen LogP contribution in [0.2, 0.25) is 0 Å². The largest absolute Gasteiger partial charge is 0.381 e. The molecule has 2 rings (SSSR count). The Morgan fingerprint density at radius 1 is 1.14 bits per heavy atom. The molecule has 0 radical (unpaired) electrons. The Balaban J connectivity index is 1.92. The molecule has 4 nitrogen and oxygen atoms in total. The Labute approximate surface area is 134 Å². The molecule has 0 aliphatic carbocycles. The molecule has 1 aliphatic heterocycles. The van der Waals surface area contributed by atoms with Gasteiger partial charge >= 0.3 is 0 Å². The van der Waals surface area contributed by atoms with Gasteiger partial charge in [-0.3, -0.25) is 4.79 Å². The number of ether oxygens (including phenoxy) is 1. The average molecular weight is 304 g/mol. The molecule has 1 amide bonds. The maximum Gasteiger partial charge on any atom is 0.223 e. The number of hydrogen-bond donors (Lipinski definition) is 0. The summed E-state index contributed by atoms with van der Waals surface area (Å²) in [5, 5.41) is 0. The molecule has 1 aromatic carbocycles. The lowest BCUT2D eigenvalue weighted by molar-refractivity contribution is -0.135. The van der Waals surface area contributed by atoms with Crippen molar-refractivity contribution in [3.63, 3.8) is 0 Å². The summed E-state index contributed by atoms with van der Waals surface area (Å²) in [6.45, 7) is 3.27. The summed E-state index contributed by atoms with van der Waals surface area (Å²) < 4.78 is 5.44. The van der Waals surface area contributed by atoms with Crippen molar-refractivity contribution in [2.45, 2.75) is 31.7 Å². The second-order valence-corrected chi connectivity index (χ2v) is 6.22. The highest BCUT2D eigenvalue weighted by atomic mass is 16.5. The summed E-state index contributed by atoms with van der Waals surface area (Å²) in [6, 6.07) is 10.6. The van der Waals surface area contributed by atoms with E-state index in [9.17, 15) is 4.79 Å². The lowest BCUT2D eigenvalue weighted by Gasteiger charge is -2.35. The first-order valence-corrected chi connectivity index (χ1v) is 8.22. The van der Waals surface area contributed by atoms with Crippen LogP contribution in [0.1, 0.15) is 24.8 Å². The molecule has 1 aromatic rings. The van der Waals surface area contributed by atoms with Crippen LogP contribution in [-0.4, -0.2) is 62.1 Å². The number of hydrogen-bond acceptors (Lipinski definition) is 3. The van der Waals surface area contributed by atoms with Gasteiger partial charge in [0.1, 0.15) is 0 Å². The monoisotopic (exact) mass is 304 g/mol. The zero-order valence-electron chi connectivity index (χ0n) is 13.8. The van der Waals surface area contributed by atoms with Crippen LogP contribution in [0, 0.1) is 0 Å². The number of amides is 1. The Morgan fingerprint density at radius 2 is 1.82 bits per heavy atom. The topological polar surface area (TPSA) is 32.8 Å². The van der Waals surface area contributed by atoms with Gasteiger partial charge in [0.2, 0.25) is 5.91 Å². The van der Waals surface area contributed by atoms with Crippen LogP contribution >= 0.6 is 0 Å². The highest BCUT2D eigenvalue weighted by Gasteiger charge is 2.25. The van der Waals surface area contributed by atoms with Crippen LogP contribution in [-0.2, 0) is 16.0 Å². The minimum absolute atomic E-state index is 0.276. The van der Waals surface area contributed by atoms with E-state index in [2.05, 4.69) is 36.0 Å². The van der Waals surface area contributed by atoms with Gasteiger partial charge in [0.25, 0.3) is 0 Å². The maximum absolute atomic E-state index is 12.7. The van der Waals surface area contributed by atoms with Crippen molar-refractivity contribution in [3.05, 3.63) is 35.9 Å². The van der Waals surface area contributed by atoms with Crippen molar-refractivity contribution in [1.82, 2.24) is 9.80 Å². The number of rotatable bonds is 7. The lowest BCUT2D eigenvalue weighted by Crippen LogP contribution is -2.46. The average Bonchev–Trinajstić information content (AvgIpc) is 2.55. The summed E-state index contributed by atoms with van der Waals surface area (Å²) in [5.41, 5.74) is 1.23. The zero-order valence-corrected chi connectivity index (χ0v) is 13.8. The van der Waals surface area contributed by atoms with Crippen LogP contribution in [0.25, 0.3) is 0 Å². The molecule has 122 valence electrons. The van der Waals surface area contributed by atoms with Gasteiger partial charge in [0.05, 0.1) is 0 Å². The van der Waals surface area contributed by atoms with Crippen LogP contribution in [0.4, 0.5) is 0 Å². The van der Waals surface area contributed by atoms with Crippen LogP contribution in [0.15, 0.2) is 30.3 Å². The summed E-state index contributed by atoms with van der Waals surface area (Å²) in [4.78, 5) is 16.9. The van der Waals surface area contributed by atoms with Crippen molar-refractivity contribution < 1.29 is 9.53 Å². The van der Waals surface area contributed by atoms with Crippen molar-refractivity contribution in [2.75, 3.05) is 40.4 Å². The molecule has 0 spiro atoms. The Morgan fingerprint density at radius 3 is 2.45 bits per heavy atom. The standard InChI is InChI=1S/C18H28N2O2/c1-19(2)12-13-20(17-10-14-22-15-11-17)18(21)9-8-16-6-4-3-5-7-16/h3-7,17H,8-15H2,1-2H3. The summed E-state index contributed by atoms with van der Waals surface area (Å²) in [6.07, 6.45) is 3.34. The first-order chi connectivity index (χ1) is 10.7. The van der Waals surface area contributed by atoms with Gasteiger partial charge in [-0.1, -0.05) is 30.3 Å². The molecule has 0 aromatic heterocycles. The molecule has 0 saturated carbocycles. The predicted molar refractivity (Wildman–Crippen MR) is 88.9 cm³/mol. The van der Waals surface area contributed by atoms with Gasteiger partial charge in [-0.2, -0.15) is 0 Å². The third-order valence-corrected chi connectivity index (χ3v) is 4.21. The fraction of sp³-hybridized carbons (Fsp3) is 0.611. The van der Waals surface area contributed by atoms with Gasteiger partial charge in [-0.05, 0) is 38.9 Å². The van der Waals surface area contributed by atoms with Crippen molar-refractivity contribution >= 4 is 5.91 Å². The summed E-state index contributed by atoms with van der Waals surface area (Å²) in [7, 11) is 4.10. The third-order valence-electron chi connectivity index (χ3n) is 4.21. The minimum Gasteiger partial charge on any atom is -0.381 e. The third kappa shape index (κ3) is 5.43. The Kier molecular flexibility index (Phi) is 6.87. The number of likely N-dealkylation sites (N-methyl/N-ethyl adjacent to an activating group) is 1. The molecule has 1 aliphatic rings. The summed E-state index contributed by atoms with van der Waals surface area (Å²) in [5.74, 6) is 0.276. The number of carbonyl (C=O) groups excluding carboxylic acids is 1. The Hall–Kier alpha value is -1.39.